The second-order valence-electron chi connectivity index (χ2n) is 2.97. The van der Waals surface area contributed by atoms with E-state index in [1.807, 2.05) is 10.9 Å². The molecule has 96 valence electrons. The Morgan fingerprint density at radius 1 is 1.28 bits per heavy atom. The molecule has 0 aromatic heterocycles. The van der Waals surface area contributed by atoms with Gasteiger partial charge in [-0.25, -0.2) is 20.4 Å². The summed E-state index contributed by atoms with van der Waals surface area (Å²) in [6.07, 6.45) is -0.868. The maximum Gasteiger partial charge on any atom is 0.425 e. The summed E-state index contributed by atoms with van der Waals surface area (Å²) < 4.78 is 4.21. The molecule has 3 amide bonds. The van der Waals surface area contributed by atoms with Gasteiger partial charge in [-0.3, -0.25) is 10.1 Å². The quantitative estimate of drug-likeness (QED) is 0.536. The van der Waals surface area contributed by atoms with E-state index < -0.39 is 17.0 Å². The molecule has 0 spiro atoms. The van der Waals surface area contributed by atoms with Crippen LogP contribution in [-0.4, -0.2) is 24.2 Å². The molecule has 0 saturated carbocycles. The Morgan fingerprint density at radius 2 is 1.94 bits per heavy atom. The lowest BCUT2D eigenvalue weighted by atomic mass is 10.3. The SMILES string of the molecule is COC(=O)NNC(=O)Nc1ccccc1[N+](=O)[O-]. The number of hydrogen-bond acceptors (Lipinski definition) is 5. The Hall–Kier alpha value is -2.84. The van der Waals surface area contributed by atoms with Crippen LogP contribution in [0.1, 0.15) is 0 Å². The Labute approximate surface area is 101 Å². The monoisotopic (exact) mass is 254 g/mol. The normalized spacial score (nSPS) is 9.17. The summed E-state index contributed by atoms with van der Waals surface area (Å²) in [5, 5.41) is 12.9. The van der Waals surface area contributed by atoms with Gasteiger partial charge in [0.05, 0.1) is 12.0 Å². The number of carbonyl (C=O) groups is 2. The average Bonchev–Trinajstić information content (AvgIpc) is 2.36. The maximum absolute atomic E-state index is 11.3. The largest absolute Gasteiger partial charge is 0.452 e. The first-order valence-electron chi connectivity index (χ1n) is 4.69. The predicted octanol–water partition coefficient (Wildman–Crippen LogP) is 0.987. The fourth-order valence-electron chi connectivity index (χ4n) is 1.05. The number of methoxy groups -OCH3 is 1. The molecule has 0 saturated heterocycles. The zero-order valence-corrected chi connectivity index (χ0v) is 9.30. The van der Waals surface area contributed by atoms with E-state index in [2.05, 4.69) is 10.1 Å². The zero-order chi connectivity index (χ0) is 13.5. The van der Waals surface area contributed by atoms with E-state index in [0.717, 1.165) is 7.11 Å². The Bertz CT molecular complexity index is 476. The van der Waals surface area contributed by atoms with Gasteiger partial charge >= 0.3 is 12.1 Å². The van der Waals surface area contributed by atoms with Gasteiger partial charge in [0, 0.05) is 6.07 Å². The van der Waals surface area contributed by atoms with Crippen molar-refractivity contribution in [2.75, 3.05) is 12.4 Å². The highest BCUT2D eigenvalue weighted by atomic mass is 16.6. The summed E-state index contributed by atoms with van der Waals surface area (Å²) >= 11 is 0. The summed E-state index contributed by atoms with van der Waals surface area (Å²) in [6, 6.07) is 4.75. The van der Waals surface area contributed by atoms with E-state index >= 15 is 0 Å². The highest BCUT2D eigenvalue weighted by Crippen LogP contribution is 2.22. The number of para-hydroxylation sites is 2. The molecular weight excluding hydrogens is 244 g/mol. The molecular formula is C9H10N4O5. The van der Waals surface area contributed by atoms with Gasteiger partial charge in [0.2, 0.25) is 0 Å². The molecule has 9 nitrogen and oxygen atoms in total. The van der Waals surface area contributed by atoms with Crippen molar-refractivity contribution in [1.29, 1.82) is 0 Å². The van der Waals surface area contributed by atoms with Crippen molar-refractivity contribution in [2.45, 2.75) is 0 Å². The molecule has 0 fully saturated rings. The number of amides is 3. The van der Waals surface area contributed by atoms with Crippen LogP contribution in [0.5, 0.6) is 0 Å². The summed E-state index contributed by atoms with van der Waals surface area (Å²) in [5.74, 6) is 0. The molecule has 18 heavy (non-hydrogen) atoms. The minimum Gasteiger partial charge on any atom is -0.452 e. The molecule has 0 aliphatic rings. The molecule has 0 heterocycles. The lowest BCUT2D eigenvalue weighted by molar-refractivity contribution is -0.383. The number of benzene rings is 1. The van der Waals surface area contributed by atoms with Crippen molar-refractivity contribution >= 4 is 23.5 Å². The first-order valence-corrected chi connectivity index (χ1v) is 4.69. The van der Waals surface area contributed by atoms with Crippen LogP contribution >= 0.6 is 0 Å². The first kappa shape index (κ1) is 13.2. The van der Waals surface area contributed by atoms with Crippen molar-refractivity contribution in [1.82, 2.24) is 10.9 Å². The minimum atomic E-state index is -0.868. The molecule has 0 atom stereocenters. The van der Waals surface area contributed by atoms with Gasteiger partial charge in [-0.15, -0.1) is 0 Å². The first-order chi connectivity index (χ1) is 8.54. The molecule has 0 unspecified atom stereocenters. The van der Waals surface area contributed by atoms with Crippen LogP contribution in [0.3, 0.4) is 0 Å². The fourth-order valence-corrected chi connectivity index (χ4v) is 1.05. The van der Waals surface area contributed by atoms with Crippen LogP contribution < -0.4 is 16.2 Å². The van der Waals surface area contributed by atoms with Gasteiger partial charge in [-0.05, 0) is 6.07 Å². The number of nitro groups is 1. The molecule has 0 radical (unpaired) electrons. The van der Waals surface area contributed by atoms with E-state index in [9.17, 15) is 19.7 Å². The Morgan fingerprint density at radius 3 is 2.56 bits per heavy atom. The fraction of sp³-hybridized carbons (Fsp3) is 0.111. The van der Waals surface area contributed by atoms with Crippen LogP contribution in [0.2, 0.25) is 0 Å². The van der Waals surface area contributed by atoms with E-state index in [0.29, 0.717) is 0 Å². The number of nitrogens with one attached hydrogen (secondary N) is 3. The number of carbonyl (C=O) groups excluding carboxylic acids is 2. The van der Waals surface area contributed by atoms with E-state index in [1.54, 1.807) is 0 Å². The molecule has 1 aromatic rings. The summed E-state index contributed by atoms with van der Waals surface area (Å²) in [4.78, 5) is 32.0. The second-order valence-corrected chi connectivity index (χ2v) is 2.97. The van der Waals surface area contributed by atoms with Gasteiger partial charge in [-0.2, -0.15) is 0 Å². The highest BCUT2D eigenvalue weighted by Gasteiger charge is 2.14. The molecule has 3 N–H and O–H groups in total. The van der Waals surface area contributed by atoms with Crippen molar-refractivity contribution in [3.63, 3.8) is 0 Å². The van der Waals surface area contributed by atoms with Crippen LogP contribution in [0, 0.1) is 10.1 Å². The second kappa shape index (κ2) is 6.03. The van der Waals surface area contributed by atoms with Crippen molar-refractivity contribution < 1.29 is 19.2 Å². The topological polar surface area (TPSA) is 123 Å². The average molecular weight is 254 g/mol. The van der Waals surface area contributed by atoms with Crippen LogP contribution in [0.4, 0.5) is 21.0 Å². The van der Waals surface area contributed by atoms with Crippen LogP contribution in [0.15, 0.2) is 24.3 Å². The van der Waals surface area contributed by atoms with Crippen LogP contribution in [-0.2, 0) is 4.74 Å². The minimum absolute atomic E-state index is 0.00617. The lowest BCUT2D eigenvalue weighted by Gasteiger charge is -2.08. The number of rotatable bonds is 2. The number of ether oxygens (including phenoxy) is 1. The number of anilines is 1. The number of hydrogen-bond donors (Lipinski definition) is 3. The van der Waals surface area contributed by atoms with E-state index in [1.165, 1.54) is 24.3 Å². The smallest absolute Gasteiger partial charge is 0.425 e. The van der Waals surface area contributed by atoms with E-state index in [-0.39, 0.29) is 11.4 Å². The molecule has 0 aliphatic carbocycles. The molecule has 0 aliphatic heterocycles. The maximum atomic E-state index is 11.3. The van der Waals surface area contributed by atoms with Crippen molar-refractivity contribution in [2.24, 2.45) is 0 Å². The third-order valence-electron chi connectivity index (χ3n) is 1.81. The Kier molecular flexibility index (Phi) is 4.43. The van der Waals surface area contributed by atoms with E-state index in [4.69, 9.17) is 0 Å². The van der Waals surface area contributed by atoms with Gasteiger partial charge in [0.25, 0.3) is 5.69 Å². The number of hydrazine groups is 1. The molecule has 1 rings (SSSR count). The predicted molar refractivity (Wildman–Crippen MR) is 60.8 cm³/mol. The van der Waals surface area contributed by atoms with Gasteiger partial charge in [-0.1, -0.05) is 12.1 Å². The van der Waals surface area contributed by atoms with Crippen molar-refractivity contribution in [3.05, 3.63) is 34.4 Å². The lowest BCUT2D eigenvalue weighted by Crippen LogP contribution is -2.43. The molecule has 0 bridgehead atoms. The molecule has 9 heteroatoms. The van der Waals surface area contributed by atoms with Crippen LogP contribution in [0.25, 0.3) is 0 Å². The number of nitrogens with zero attached hydrogens (tertiary/aromatic N) is 1. The summed E-state index contributed by atoms with van der Waals surface area (Å²) in [6.45, 7) is 0. The summed E-state index contributed by atoms with van der Waals surface area (Å²) in [7, 11) is 1.12. The Balaban J connectivity index is 2.65. The standard InChI is InChI=1S/C9H10N4O5/c1-18-9(15)12-11-8(14)10-6-4-2-3-5-7(6)13(16)17/h2-5H,1H3,(H,12,15)(H2,10,11,14). The summed E-state index contributed by atoms with van der Waals surface area (Å²) in [5.41, 5.74) is 3.61. The number of nitro benzene ring substituents is 1. The van der Waals surface area contributed by atoms with Gasteiger partial charge in [0.1, 0.15) is 5.69 Å². The third-order valence-corrected chi connectivity index (χ3v) is 1.81. The highest BCUT2D eigenvalue weighted by molar-refractivity contribution is 5.92. The van der Waals surface area contributed by atoms with Gasteiger partial charge < -0.3 is 10.1 Å². The number of urea groups is 1. The zero-order valence-electron chi connectivity index (χ0n) is 9.30. The van der Waals surface area contributed by atoms with Gasteiger partial charge in [0.15, 0.2) is 0 Å². The third kappa shape index (κ3) is 3.63. The van der Waals surface area contributed by atoms with Crippen molar-refractivity contribution in [3.8, 4) is 0 Å². The molecule has 1 aromatic carbocycles.